The lowest BCUT2D eigenvalue weighted by Gasteiger charge is -2.34. The van der Waals surface area contributed by atoms with Crippen molar-refractivity contribution in [3.8, 4) is 0 Å². The molecule has 0 N–H and O–H groups in total. The van der Waals surface area contributed by atoms with Crippen molar-refractivity contribution in [2.24, 2.45) is 0 Å². The lowest BCUT2D eigenvalue weighted by Crippen LogP contribution is -2.48. The van der Waals surface area contributed by atoms with Crippen LogP contribution in [0.4, 0.5) is 0 Å². The van der Waals surface area contributed by atoms with E-state index < -0.39 is 10.0 Å². The second-order valence-electron chi connectivity index (χ2n) is 7.12. The fraction of sp³-hybridized carbons (Fsp3) is 0.632. The minimum absolute atomic E-state index is 0.116. The molecule has 0 radical (unpaired) electrons. The summed E-state index contributed by atoms with van der Waals surface area (Å²) in [5.41, 5.74) is 1.24. The maximum absolute atomic E-state index is 12.7. The zero-order valence-electron chi connectivity index (χ0n) is 17.4. The van der Waals surface area contributed by atoms with Crippen LogP contribution < -0.4 is 0 Å². The van der Waals surface area contributed by atoms with Crippen molar-refractivity contribution in [2.75, 3.05) is 45.8 Å². The first-order valence-electron chi connectivity index (χ1n) is 10.2. The van der Waals surface area contributed by atoms with Gasteiger partial charge >= 0.3 is 0 Å². The molecular weight excluding hydrogens is 392 g/mol. The van der Waals surface area contributed by atoms with E-state index in [1.807, 2.05) is 18.7 Å². The molecule has 0 bridgehead atoms. The van der Waals surface area contributed by atoms with Gasteiger partial charge in [-0.05, 0) is 24.7 Å². The Hall–Kier alpha value is -2.04. The van der Waals surface area contributed by atoms with Gasteiger partial charge in [0.15, 0.2) is 0 Å². The van der Waals surface area contributed by atoms with Crippen LogP contribution in [0.15, 0.2) is 23.1 Å². The Morgan fingerprint density at radius 3 is 2.41 bits per heavy atom. The van der Waals surface area contributed by atoms with E-state index in [1.54, 1.807) is 22.9 Å². The quantitative estimate of drug-likeness (QED) is 0.631. The van der Waals surface area contributed by atoms with E-state index in [1.165, 1.54) is 4.31 Å². The minimum atomic E-state index is -3.54. The fourth-order valence-corrected chi connectivity index (χ4v) is 5.14. The smallest absolute Gasteiger partial charge is 0.243 e. The first-order chi connectivity index (χ1) is 13.9. The van der Waals surface area contributed by atoms with Gasteiger partial charge < -0.3 is 9.80 Å². The van der Waals surface area contributed by atoms with Crippen molar-refractivity contribution in [1.29, 1.82) is 0 Å². The van der Waals surface area contributed by atoms with Crippen LogP contribution in [0.3, 0.4) is 0 Å². The van der Waals surface area contributed by atoms with Gasteiger partial charge in [0.05, 0.1) is 17.0 Å². The van der Waals surface area contributed by atoms with E-state index in [4.69, 9.17) is 0 Å². The van der Waals surface area contributed by atoms with E-state index in [9.17, 15) is 13.2 Å². The molecule has 0 saturated carbocycles. The minimum Gasteiger partial charge on any atom is -0.340 e. The molecule has 1 saturated heterocycles. The molecular formula is C19H30N6O3S. The first kappa shape index (κ1) is 21.7. The molecule has 9 nitrogen and oxygen atoms in total. The summed E-state index contributed by atoms with van der Waals surface area (Å²) in [7, 11) is -3.54. The van der Waals surface area contributed by atoms with Gasteiger partial charge in [-0.25, -0.2) is 13.1 Å². The third-order valence-electron chi connectivity index (χ3n) is 5.54. The van der Waals surface area contributed by atoms with Crippen LogP contribution in [0.2, 0.25) is 0 Å². The monoisotopic (exact) mass is 422 g/mol. The largest absolute Gasteiger partial charge is 0.340 e. The fourth-order valence-electron chi connectivity index (χ4n) is 3.66. The van der Waals surface area contributed by atoms with Gasteiger partial charge in [-0.3, -0.25) is 4.79 Å². The Balaban J connectivity index is 1.68. The summed E-state index contributed by atoms with van der Waals surface area (Å²) in [6.45, 7) is 11.4. The van der Waals surface area contributed by atoms with Crippen LogP contribution in [0, 0.1) is 0 Å². The number of aromatic nitrogens is 3. The van der Waals surface area contributed by atoms with Crippen molar-refractivity contribution < 1.29 is 13.2 Å². The highest BCUT2D eigenvalue weighted by molar-refractivity contribution is 7.89. The molecule has 1 fully saturated rings. The lowest BCUT2D eigenvalue weighted by molar-refractivity contribution is -0.133. The second-order valence-corrected chi connectivity index (χ2v) is 9.06. The number of aryl methyl sites for hydroxylation is 1. The van der Waals surface area contributed by atoms with Gasteiger partial charge in [-0.15, -0.1) is 5.10 Å². The van der Waals surface area contributed by atoms with Crippen LogP contribution in [0.25, 0.3) is 11.0 Å². The number of amides is 1. The van der Waals surface area contributed by atoms with E-state index in [0.29, 0.717) is 31.6 Å². The molecule has 2 heterocycles. The molecule has 0 aliphatic carbocycles. The molecule has 1 aromatic heterocycles. The Kier molecular flexibility index (Phi) is 6.86. The Bertz CT molecular complexity index is 946. The topological polar surface area (TPSA) is 91.6 Å². The number of benzene rings is 1. The zero-order valence-corrected chi connectivity index (χ0v) is 18.2. The number of hydrogen-bond donors (Lipinski definition) is 0. The van der Waals surface area contributed by atoms with Gasteiger partial charge in [-0.2, -0.15) is 4.31 Å². The number of fused-ring (bicyclic) bond motifs is 1. The molecule has 0 unspecified atom stereocenters. The van der Waals surface area contributed by atoms with Crippen molar-refractivity contribution in [3.63, 3.8) is 0 Å². The Morgan fingerprint density at radius 2 is 1.79 bits per heavy atom. The maximum Gasteiger partial charge on any atom is 0.243 e. The van der Waals surface area contributed by atoms with Crippen molar-refractivity contribution in [3.05, 3.63) is 18.2 Å². The predicted molar refractivity (Wildman–Crippen MR) is 111 cm³/mol. The first-order valence-corrected chi connectivity index (χ1v) is 11.7. The third kappa shape index (κ3) is 4.59. The third-order valence-corrected chi connectivity index (χ3v) is 7.58. The van der Waals surface area contributed by atoms with Crippen LogP contribution >= 0.6 is 0 Å². The molecule has 0 spiro atoms. The summed E-state index contributed by atoms with van der Waals surface area (Å²) in [6.07, 6.45) is 0.351. The average molecular weight is 423 g/mol. The molecule has 2 aromatic rings. The summed E-state index contributed by atoms with van der Waals surface area (Å²) >= 11 is 0. The van der Waals surface area contributed by atoms with E-state index in [0.717, 1.165) is 38.2 Å². The van der Waals surface area contributed by atoms with Gasteiger partial charge in [0.1, 0.15) is 5.52 Å². The lowest BCUT2D eigenvalue weighted by atomic mass is 10.2. The van der Waals surface area contributed by atoms with Crippen LogP contribution in [0.5, 0.6) is 0 Å². The van der Waals surface area contributed by atoms with Crippen LogP contribution in [-0.4, -0.2) is 89.2 Å². The number of rotatable bonds is 8. The summed E-state index contributed by atoms with van der Waals surface area (Å²) in [5.74, 6) is 0.116. The number of carbonyl (C=O) groups excluding carboxylic acids is 1. The predicted octanol–water partition coefficient (Wildman–Crippen LogP) is 1.02. The van der Waals surface area contributed by atoms with E-state index in [2.05, 4.69) is 22.1 Å². The molecule has 1 amide bonds. The van der Waals surface area contributed by atoms with Gasteiger partial charge in [-0.1, -0.05) is 26.0 Å². The normalized spacial score (nSPS) is 16.1. The number of hydrogen-bond acceptors (Lipinski definition) is 6. The highest BCUT2D eigenvalue weighted by Gasteiger charge is 2.23. The van der Waals surface area contributed by atoms with Gasteiger partial charge in [0, 0.05) is 45.7 Å². The zero-order chi connectivity index (χ0) is 21.0. The Labute approximate surface area is 172 Å². The highest BCUT2D eigenvalue weighted by atomic mass is 32.2. The molecule has 1 aliphatic heterocycles. The molecule has 160 valence electrons. The van der Waals surface area contributed by atoms with Crippen molar-refractivity contribution >= 4 is 27.0 Å². The van der Waals surface area contributed by atoms with Crippen LogP contribution in [-0.2, 0) is 21.4 Å². The average Bonchev–Trinajstić information content (AvgIpc) is 3.15. The number of sulfonamides is 1. The second kappa shape index (κ2) is 9.19. The molecule has 1 aliphatic rings. The number of piperazine rings is 1. The number of carbonyl (C=O) groups is 1. The highest BCUT2D eigenvalue weighted by Crippen LogP contribution is 2.21. The molecule has 3 rings (SSSR count). The Morgan fingerprint density at radius 1 is 1.10 bits per heavy atom. The molecule has 10 heteroatoms. The number of likely N-dealkylation sites (N-methyl/N-ethyl adjacent to an activating group) is 1. The number of nitrogens with zero attached hydrogens (tertiary/aromatic N) is 6. The van der Waals surface area contributed by atoms with Crippen molar-refractivity contribution in [1.82, 2.24) is 29.1 Å². The summed E-state index contributed by atoms with van der Waals surface area (Å²) < 4.78 is 28.5. The summed E-state index contributed by atoms with van der Waals surface area (Å²) in [6, 6.07) is 4.86. The van der Waals surface area contributed by atoms with Crippen molar-refractivity contribution in [2.45, 2.75) is 38.6 Å². The van der Waals surface area contributed by atoms with E-state index in [-0.39, 0.29) is 10.8 Å². The molecule has 0 atom stereocenters. The maximum atomic E-state index is 12.7. The SMILES string of the molecule is CCN1CCN(C(=O)CCn2nnc3cc(S(=O)(=O)N(CC)CC)ccc32)CC1. The van der Waals surface area contributed by atoms with Gasteiger partial charge in [0.2, 0.25) is 15.9 Å². The van der Waals surface area contributed by atoms with Gasteiger partial charge in [0.25, 0.3) is 0 Å². The molecule has 1 aromatic carbocycles. The molecule has 29 heavy (non-hydrogen) atoms. The van der Waals surface area contributed by atoms with E-state index >= 15 is 0 Å². The summed E-state index contributed by atoms with van der Waals surface area (Å²) in [5, 5.41) is 8.24. The standard InChI is InChI=1S/C19H30N6O3S/c1-4-22-11-13-23(14-12-22)19(26)9-10-25-18-8-7-16(15-17(18)20-21-25)29(27,28)24(5-2)6-3/h7-8,15H,4-6,9-14H2,1-3H3. The van der Waals surface area contributed by atoms with Crippen LogP contribution in [0.1, 0.15) is 27.2 Å². The summed E-state index contributed by atoms with van der Waals surface area (Å²) in [4.78, 5) is 17.0.